The van der Waals surface area contributed by atoms with Crippen molar-refractivity contribution in [3.63, 3.8) is 0 Å². The number of hydrogen-bond donors (Lipinski definition) is 0. The molecule has 0 aromatic heterocycles. The summed E-state index contributed by atoms with van der Waals surface area (Å²) in [5.74, 6) is 0.0122. The lowest BCUT2D eigenvalue weighted by molar-refractivity contribution is -0.118. The van der Waals surface area contributed by atoms with Crippen LogP contribution in [0.5, 0.6) is 0 Å². The number of hydrogen-bond acceptors (Lipinski definition) is 3. The molecule has 1 aromatic carbocycles. The van der Waals surface area contributed by atoms with Crippen LogP contribution in [0.2, 0.25) is 0 Å². The molecule has 3 heteroatoms. The van der Waals surface area contributed by atoms with Crippen molar-refractivity contribution in [1.29, 1.82) is 0 Å². The number of unbranched alkanes of at least 4 members (excludes halogenated alkanes) is 3. The average molecular weight is 374 g/mol. The number of benzene rings is 1. The largest absolute Gasteiger partial charge is 0.303 e. The molecular weight excluding hydrogens is 334 g/mol. The molecule has 0 aliphatic carbocycles. The summed E-state index contributed by atoms with van der Waals surface area (Å²) >= 11 is 0. The molecule has 0 spiro atoms. The van der Waals surface area contributed by atoms with E-state index in [1.165, 1.54) is 44.3 Å². The number of ketones is 2. The molecular formula is C24H39NO2. The molecule has 0 saturated carbocycles. The van der Waals surface area contributed by atoms with E-state index in [9.17, 15) is 9.59 Å². The molecule has 0 aliphatic rings. The molecule has 0 amide bonds. The predicted molar refractivity (Wildman–Crippen MR) is 114 cm³/mol. The highest BCUT2D eigenvalue weighted by atomic mass is 16.1. The predicted octanol–water partition coefficient (Wildman–Crippen LogP) is 5.85. The lowest BCUT2D eigenvalue weighted by Gasteiger charge is -2.21. The number of Topliss-reactive ketones (excluding diaryl/α,β-unsaturated/α-hetero) is 2. The molecule has 1 rings (SSSR count). The molecule has 1 aromatic rings. The van der Waals surface area contributed by atoms with Gasteiger partial charge in [-0.1, -0.05) is 64.3 Å². The fourth-order valence-corrected chi connectivity index (χ4v) is 3.21. The van der Waals surface area contributed by atoms with Gasteiger partial charge in [-0.3, -0.25) is 9.59 Å². The number of carbonyl (C=O) groups is 2. The standard InChI is InChI=1S/C24H39NO2/c1-4-7-12-23(26)20-24(27)22-15-13-21(14-16-22)11-10-19-25(17-8-5-2)18-9-6-3/h13-16H,4-12,17-20H2,1-3H3. The number of nitrogens with zero attached hydrogens (tertiary/aromatic N) is 1. The molecule has 0 radical (unpaired) electrons. The summed E-state index contributed by atoms with van der Waals surface area (Å²) in [5, 5.41) is 0. The van der Waals surface area contributed by atoms with Crippen LogP contribution in [-0.4, -0.2) is 36.1 Å². The minimum atomic E-state index is -0.0482. The Morgan fingerprint density at radius 3 is 1.89 bits per heavy atom. The smallest absolute Gasteiger partial charge is 0.170 e. The Bertz CT molecular complexity index is 528. The maximum absolute atomic E-state index is 12.2. The van der Waals surface area contributed by atoms with Gasteiger partial charge < -0.3 is 4.90 Å². The summed E-state index contributed by atoms with van der Waals surface area (Å²) in [6, 6.07) is 7.87. The van der Waals surface area contributed by atoms with Crippen molar-refractivity contribution < 1.29 is 9.59 Å². The minimum absolute atomic E-state index is 0.0448. The summed E-state index contributed by atoms with van der Waals surface area (Å²) in [6.45, 7) is 10.1. The van der Waals surface area contributed by atoms with Gasteiger partial charge >= 0.3 is 0 Å². The van der Waals surface area contributed by atoms with E-state index < -0.39 is 0 Å². The van der Waals surface area contributed by atoms with Crippen molar-refractivity contribution in [1.82, 2.24) is 4.90 Å². The zero-order valence-electron chi connectivity index (χ0n) is 17.8. The second kappa shape index (κ2) is 14.6. The van der Waals surface area contributed by atoms with Crippen molar-refractivity contribution in [2.45, 2.75) is 85.0 Å². The third-order valence-corrected chi connectivity index (χ3v) is 5.04. The van der Waals surface area contributed by atoms with Crippen LogP contribution in [0.4, 0.5) is 0 Å². The Kier molecular flexibility index (Phi) is 12.7. The second-order valence-corrected chi connectivity index (χ2v) is 7.59. The second-order valence-electron chi connectivity index (χ2n) is 7.59. The van der Waals surface area contributed by atoms with Crippen LogP contribution < -0.4 is 0 Å². The molecule has 3 nitrogen and oxygen atoms in total. The number of rotatable bonds is 16. The topological polar surface area (TPSA) is 37.4 Å². The van der Waals surface area contributed by atoms with Gasteiger partial charge in [0.1, 0.15) is 5.78 Å². The maximum Gasteiger partial charge on any atom is 0.170 e. The molecule has 0 aliphatic heterocycles. The average Bonchev–Trinajstić information content (AvgIpc) is 2.68. The highest BCUT2D eigenvalue weighted by Crippen LogP contribution is 2.11. The van der Waals surface area contributed by atoms with Crippen LogP contribution in [0, 0.1) is 0 Å². The van der Waals surface area contributed by atoms with Crippen molar-refractivity contribution in [3.05, 3.63) is 35.4 Å². The molecule has 0 heterocycles. The summed E-state index contributed by atoms with van der Waals surface area (Å²) in [5.41, 5.74) is 1.94. The van der Waals surface area contributed by atoms with Crippen LogP contribution in [-0.2, 0) is 11.2 Å². The third kappa shape index (κ3) is 10.4. The Morgan fingerprint density at radius 2 is 1.33 bits per heavy atom. The van der Waals surface area contributed by atoms with E-state index >= 15 is 0 Å². The highest BCUT2D eigenvalue weighted by Gasteiger charge is 2.11. The van der Waals surface area contributed by atoms with Crippen molar-refractivity contribution in [2.75, 3.05) is 19.6 Å². The van der Waals surface area contributed by atoms with E-state index in [4.69, 9.17) is 0 Å². The first-order valence-corrected chi connectivity index (χ1v) is 11.0. The molecule has 0 atom stereocenters. The van der Waals surface area contributed by atoms with Crippen LogP contribution in [0.15, 0.2) is 24.3 Å². The molecule has 152 valence electrons. The van der Waals surface area contributed by atoms with Gasteiger partial charge in [0.25, 0.3) is 0 Å². The van der Waals surface area contributed by atoms with Crippen LogP contribution in [0.1, 0.15) is 94.5 Å². The quantitative estimate of drug-likeness (QED) is 0.269. The van der Waals surface area contributed by atoms with E-state index in [1.54, 1.807) is 0 Å². The molecule has 0 saturated heterocycles. The molecule has 0 N–H and O–H groups in total. The Labute approximate surface area is 166 Å². The monoisotopic (exact) mass is 373 g/mol. The van der Waals surface area contributed by atoms with E-state index in [0.717, 1.165) is 32.2 Å². The van der Waals surface area contributed by atoms with Gasteiger partial charge in [-0.05, 0) is 57.3 Å². The van der Waals surface area contributed by atoms with Gasteiger partial charge in [-0.15, -0.1) is 0 Å². The lowest BCUT2D eigenvalue weighted by Crippen LogP contribution is -2.27. The first-order valence-electron chi connectivity index (χ1n) is 11.0. The molecule has 0 unspecified atom stereocenters. The molecule has 0 bridgehead atoms. The van der Waals surface area contributed by atoms with Gasteiger partial charge in [0.05, 0.1) is 6.42 Å². The van der Waals surface area contributed by atoms with E-state index in [-0.39, 0.29) is 18.0 Å². The fraction of sp³-hybridized carbons (Fsp3) is 0.667. The van der Waals surface area contributed by atoms with Crippen molar-refractivity contribution >= 4 is 11.6 Å². The van der Waals surface area contributed by atoms with Crippen LogP contribution >= 0.6 is 0 Å². The molecule has 27 heavy (non-hydrogen) atoms. The highest BCUT2D eigenvalue weighted by molar-refractivity contribution is 6.07. The summed E-state index contributed by atoms with van der Waals surface area (Å²) in [6.07, 6.45) is 9.67. The van der Waals surface area contributed by atoms with Gasteiger partial charge in [0.15, 0.2) is 5.78 Å². The first-order chi connectivity index (χ1) is 13.1. The van der Waals surface area contributed by atoms with Crippen molar-refractivity contribution in [3.8, 4) is 0 Å². The zero-order valence-corrected chi connectivity index (χ0v) is 17.8. The minimum Gasteiger partial charge on any atom is -0.303 e. The fourth-order valence-electron chi connectivity index (χ4n) is 3.21. The first kappa shape index (κ1) is 23.6. The summed E-state index contributed by atoms with van der Waals surface area (Å²) < 4.78 is 0. The van der Waals surface area contributed by atoms with Gasteiger partial charge in [0, 0.05) is 12.0 Å². The third-order valence-electron chi connectivity index (χ3n) is 5.04. The number of carbonyl (C=O) groups excluding carboxylic acids is 2. The number of aryl methyl sites for hydroxylation is 1. The summed E-state index contributed by atoms with van der Waals surface area (Å²) in [7, 11) is 0. The van der Waals surface area contributed by atoms with Crippen LogP contribution in [0.25, 0.3) is 0 Å². The van der Waals surface area contributed by atoms with Gasteiger partial charge in [-0.25, -0.2) is 0 Å². The van der Waals surface area contributed by atoms with Gasteiger partial charge in [-0.2, -0.15) is 0 Å². The normalized spacial score (nSPS) is 11.1. The maximum atomic E-state index is 12.2. The van der Waals surface area contributed by atoms with E-state index in [0.29, 0.717) is 12.0 Å². The van der Waals surface area contributed by atoms with Crippen molar-refractivity contribution in [2.24, 2.45) is 0 Å². The Balaban J connectivity index is 2.42. The summed E-state index contributed by atoms with van der Waals surface area (Å²) in [4.78, 5) is 26.6. The zero-order chi connectivity index (χ0) is 19.9. The van der Waals surface area contributed by atoms with E-state index in [1.807, 2.05) is 24.3 Å². The SMILES string of the molecule is CCCCC(=O)CC(=O)c1ccc(CCCN(CCCC)CCCC)cc1. The van der Waals surface area contributed by atoms with Gasteiger partial charge in [0.2, 0.25) is 0 Å². The Hall–Kier alpha value is -1.48. The lowest BCUT2D eigenvalue weighted by atomic mass is 10.0. The van der Waals surface area contributed by atoms with E-state index in [2.05, 4.69) is 25.7 Å². The Morgan fingerprint density at radius 1 is 0.778 bits per heavy atom. The molecule has 0 fully saturated rings. The van der Waals surface area contributed by atoms with Crippen LogP contribution in [0.3, 0.4) is 0 Å².